The van der Waals surface area contributed by atoms with Gasteiger partial charge in [-0.1, -0.05) is 31.0 Å². The fourth-order valence-corrected chi connectivity index (χ4v) is 5.91. The Hall–Kier alpha value is -3.36. The highest BCUT2D eigenvalue weighted by Gasteiger charge is 2.42. The number of aromatic nitrogens is 1. The topological polar surface area (TPSA) is 107 Å². The number of alkyl carbamates (subject to hydrolysis) is 1. The molecule has 37 heavy (non-hydrogen) atoms. The van der Waals surface area contributed by atoms with Gasteiger partial charge < -0.3 is 24.4 Å². The molecule has 3 aliphatic rings. The van der Waals surface area contributed by atoms with Crippen molar-refractivity contribution in [2.75, 3.05) is 20.2 Å². The lowest BCUT2D eigenvalue weighted by molar-refractivity contribution is -0.150. The molecule has 4 atom stereocenters. The number of rotatable bonds is 1. The van der Waals surface area contributed by atoms with E-state index in [2.05, 4.69) is 5.32 Å². The summed E-state index contributed by atoms with van der Waals surface area (Å²) >= 11 is 0. The number of nitrogens with zero attached hydrogens (tertiary/aromatic N) is 2. The van der Waals surface area contributed by atoms with Crippen LogP contribution in [0.25, 0.3) is 10.9 Å². The van der Waals surface area contributed by atoms with Crippen molar-refractivity contribution in [3.8, 4) is 5.75 Å². The van der Waals surface area contributed by atoms with Crippen molar-refractivity contribution in [2.45, 2.75) is 76.0 Å². The number of para-hydroxylation sites is 1. The number of fused-ring (bicyclic) bond motifs is 5. The summed E-state index contributed by atoms with van der Waals surface area (Å²) in [5.74, 6) is 0.166. The summed E-state index contributed by atoms with van der Waals surface area (Å²) in [4.78, 5) is 44.4. The van der Waals surface area contributed by atoms with Crippen molar-refractivity contribution < 1.29 is 28.6 Å². The summed E-state index contributed by atoms with van der Waals surface area (Å²) in [5.41, 5.74) is 1.82. The first-order valence-corrected chi connectivity index (χ1v) is 13.4. The molecular weight excluding hydrogens is 474 g/mol. The molecule has 0 unspecified atom stereocenters. The Morgan fingerprint density at radius 3 is 2.78 bits per heavy atom. The number of carbonyl (C=O) groups is 3. The SMILES string of the molecule is COC(=O)[C@@H]1C[C@@H]2CN1C(=O)CNC(=O)O[C@@H]1CCC[C@H]1CCCCCc1nc3ccccc3cc1O2. The van der Waals surface area contributed by atoms with Crippen LogP contribution in [0.5, 0.6) is 5.75 Å². The number of carbonyl (C=O) groups excluding carboxylic acids is 3. The molecule has 2 aromatic rings. The van der Waals surface area contributed by atoms with Crippen LogP contribution in [0.4, 0.5) is 4.79 Å². The molecule has 1 saturated heterocycles. The molecule has 0 radical (unpaired) electrons. The van der Waals surface area contributed by atoms with Crippen molar-refractivity contribution in [1.82, 2.24) is 15.2 Å². The van der Waals surface area contributed by atoms with E-state index in [1.807, 2.05) is 30.3 Å². The van der Waals surface area contributed by atoms with Crippen LogP contribution in [-0.2, 0) is 25.5 Å². The van der Waals surface area contributed by atoms with Gasteiger partial charge in [-0.05, 0) is 56.6 Å². The number of esters is 1. The number of methoxy groups -OCH3 is 1. The maximum absolute atomic E-state index is 13.1. The Labute approximate surface area is 216 Å². The van der Waals surface area contributed by atoms with Gasteiger partial charge in [0.15, 0.2) is 0 Å². The summed E-state index contributed by atoms with van der Waals surface area (Å²) in [6, 6.07) is 9.17. The smallest absolute Gasteiger partial charge is 0.407 e. The highest BCUT2D eigenvalue weighted by atomic mass is 16.6. The van der Waals surface area contributed by atoms with E-state index in [0.29, 0.717) is 18.1 Å². The lowest BCUT2D eigenvalue weighted by Crippen LogP contribution is -2.46. The Morgan fingerprint density at radius 2 is 1.92 bits per heavy atom. The summed E-state index contributed by atoms with van der Waals surface area (Å²) < 4.78 is 17.1. The highest BCUT2D eigenvalue weighted by molar-refractivity contribution is 5.88. The quantitative estimate of drug-likeness (QED) is 0.583. The largest absolute Gasteiger partial charge is 0.487 e. The third-order valence-corrected chi connectivity index (χ3v) is 7.83. The molecule has 198 valence electrons. The molecule has 0 spiro atoms. The Bertz CT molecular complexity index is 1150. The van der Waals surface area contributed by atoms with E-state index in [-0.39, 0.29) is 25.1 Å². The van der Waals surface area contributed by atoms with Crippen LogP contribution in [0, 0.1) is 5.92 Å². The first kappa shape index (κ1) is 25.3. The second kappa shape index (κ2) is 11.4. The van der Waals surface area contributed by atoms with Crippen LogP contribution >= 0.6 is 0 Å². The standard InChI is InChI=1S/C28H35N3O6/c1-35-27(33)23-15-20-17-31(23)26(32)16-29-28(34)37-24-13-7-10-18(24)8-3-2-4-12-22-25(36-20)14-19-9-5-6-11-21(19)30-22/h5-6,9,11,14,18,20,23-24H,2-4,7-8,10,12-13,15-17H2,1H3,(H,29,34)/t18-,20-,23+,24-/m1/s1. The molecule has 9 heteroatoms. The van der Waals surface area contributed by atoms with Crippen molar-refractivity contribution in [2.24, 2.45) is 5.92 Å². The number of hydrogen-bond donors (Lipinski definition) is 1. The molecule has 2 amide bonds. The van der Waals surface area contributed by atoms with Gasteiger partial charge in [0, 0.05) is 11.8 Å². The number of nitrogens with one attached hydrogen (secondary N) is 1. The van der Waals surface area contributed by atoms with E-state index in [4.69, 9.17) is 19.2 Å². The van der Waals surface area contributed by atoms with Gasteiger partial charge in [-0.25, -0.2) is 14.6 Å². The second-order valence-electron chi connectivity index (χ2n) is 10.3. The van der Waals surface area contributed by atoms with Gasteiger partial charge in [-0.15, -0.1) is 0 Å². The number of amides is 2. The normalized spacial score (nSPS) is 27.2. The van der Waals surface area contributed by atoms with E-state index >= 15 is 0 Å². The first-order chi connectivity index (χ1) is 18.0. The summed E-state index contributed by atoms with van der Waals surface area (Å²) in [5, 5.41) is 3.57. The van der Waals surface area contributed by atoms with Gasteiger partial charge in [0.1, 0.15) is 30.5 Å². The highest BCUT2D eigenvalue weighted by Crippen LogP contribution is 2.33. The molecule has 1 saturated carbocycles. The molecule has 1 aromatic heterocycles. The number of aryl methyl sites for hydroxylation is 1. The van der Waals surface area contributed by atoms with Crippen LogP contribution in [-0.4, -0.2) is 66.3 Å². The van der Waals surface area contributed by atoms with Crippen LogP contribution in [0.1, 0.15) is 57.1 Å². The number of ether oxygens (including phenoxy) is 3. The van der Waals surface area contributed by atoms with Gasteiger partial charge >= 0.3 is 12.1 Å². The van der Waals surface area contributed by atoms with Gasteiger partial charge in [0.2, 0.25) is 5.91 Å². The third kappa shape index (κ3) is 5.81. The molecule has 3 heterocycles. The third-order valence-electron chi connectivity index (χ3n) is 7.83. The van der Waals surface area contributed by atoms with Gasteiger partial charge in [0.25, 0.3) is 0 Å². The monoisotopic (exact) mass is 509 g/mol. The second-order valence-corrected chi connectivity index (χ2v) is 10.3. The van der Waals surface area contributed by atoms with Crippen LogP contribution in [0.3, 0.4) is 0 Å². The Kier molecular flexibility index (Phi) is 7.76. The fraction of sp³-hybridized carbons (Fsp3) is 0.571. The van der Waals surface area contributed by atoms with Crippen molar-refractivity contribution in [1.29, 1.82) is 0 Å². The van der Waals surface area contributed by atoms with Crippen LogP contribution in [0.15, 0.2) is 30.3 Å². The van der Waals surface area contributed by atoms with Gasteiger partial charge in [0.05, 0.1) is 24.9 Å². The number of hydrogen-bond acceptors (Lipinski definition) is 7. The summed E-state index contributed by atoms with van der Waals surface area (Å²) in [7, 11) is 1.31. The molecule has 2 aliphatic heterocycles. The first-order valence-electron chi connectivity index (χ1n) is 13.4. The lowest BCUT2D eigenvalue weighted by Gasteiger charge is -2.23. The number of pyridine rings is 1. The zero-order valence-electron chi connectivity index (χ0n) is 21.3. The fourth-order valence-electron chi connectivity index (χ4n) is 5.91. The van der Waals surface area contributed by atoms with Gasteiger partial charge in [-0.3, -0.25) is 4.79 Å². The van der Waals surface area contributed by atoms with Gasteiger partial charge in [-0.2, -0.15) is 0 Å². The minimum atomic E-state index is -0.779. The minimum absolute atomic E-state index is 0.116. The maximum Gasteiger partial charge on any atom is 0.407 e. The molecule has 9 nitrogen and oxygen atoms in total. The molecule has 2 bridgehead atoms. The molecular formula is C28H35N3O6. The summed E-state index contributed by atoms with van der Waals surface area (Å²) in [6.45, 7) is -0.0362. The van der Waals surface area contributed by atoms with Crippen LogP contribution < -0.4 is 10.1 Å². The van der Waals surface area contributed by atoms with E-state index in [0.717, 1.165) is 68.0 Å². The van der Waals surface area contributed by atoms with E-state index < -0.39 is 24.2 Å². The molecule has 1 aliphatic carbocycles. The zero-order valence-corrected chi connectivity index (χ0v) is 21.3. The Morgan fingerprint density at radius 1 is 1.08 bits per heavy atom. The maximum atomic E-state index is 13.1. The average molecular weight is 510 g/mol. The molecule has 1 N–H and O–H groups in total. The summed E-state index contributed by atoms with van der Waals surface area (Å²) in [6.07, 6.45) is 7.04. The van der Waals surface area contributed by atoms with Crippen molar-refractivity contribution >= 4 is 28.9 Å². The molecule has 5 rings (SSSR count). The minimum Gasteiger partial charge on any atom is -0.487 e. The predicted molar refractivity (Wildman–Crippen MR) is 136 cm³/mol. The zero-order chi connectivity index (χ0) is 25.8. The average Bonchev–Trinajstić information content (AvgIpc) is 3.53. The lowest BCUT2D eigenvalue weighted by atomic mass is 9.97. The number of benzene rings is 1. The Balaban J connectivity index is 1.41. The molecule has 2 fully saturated rings. The van der Waals surface area contributed by atoms with E-state index in [1.54, 1.807) is 0 Å². The molecule has 1 aromatic carbocycles. The predicted octanol–water partition coefficient (Wildman–Crippen LogP) is 3.77. The van der Waals surface area contributed by atoms with E-state index in [1.165, 1.54) is 12.0 Å². The van der Waals surface area contributed by atoms with Crippen molar-refractivity contribution in [3.05, 3.63) is 36.0 Å². The van der Waals surface area contributed by atoms with Crippen LogP contribution in [0.2, 0.25) is 0 Å². The van der Waals surface area contributed by atoms with E-state index in [9.17, 15) is 14.4 Å². The van der Waals surface area contributed by atoms with Crippen molar-refractivity contribution in [3.63, 3.8) is 0 Å².